The quantitative estimate of drug-likeness (QED) is 0.204. The zero-order valence-electron chi connectivity index (χ0n) is 17.1. The smallest absolute Gasteiger partial charge is 0.343 e. The lowest BCUT2D eigenvalue weighted by molar-refractivity contribution is -0.123. The summed E-state index contributed by atoms with van der Waals surface area (Å²) in [6.07, 6.45) is 1.47. The van der Waals surface area contributed by atoms with Crippen molar-refractivity contribution >= 4 is 28.9 Å². The zero-order chi connectivity index (χ0) is 22.2. The van der Waals surface area contributed by atoms with Crippen molar-refractivity contribution in [3.8, 4) is 11.5 Å². The minimum Gasteiger partial charge on any atom is -0.484 e. The average Bonchev–Trinajstić information content (AvgIpc) is 2.85. The van der Waals surface area contributed by atoms with Crippen molar-refractivity contribution in [1.29, 1.82) is 0 Å². The van der Waals surface area contributed by atoms with Gasteiger partial charge in [0.2, 0.25) is 0 Å². The van der Waals surface area contributed by atoms with Gasteiger partial charge in [-0.05, 0) is 41.1 Å². The number of ether oxygens (including phenoxy) is 2. The van der Waals surface area contributed by atoms with E-state index < -0.39 is 11.9 Å². The van der Waals surface area contributed by atoms with E-state index in [0.29, 0.717) is 22.6 Å². The van der Waals surface area contributed by atoms with Crippen LogP contribution >= 0.6 is 0 Å². The molecule has 1 amide bonds. The molecule has 1 N–H and O–H groups in total. The molecule has 0 saturated carbocycles. The zero-order valence-corrected chi connectivity index (χ0v) is 17.1. The van der Waals surface area contributed by atoms with Gasteiger partial charge in [0.25, 0.3) is 5.91 Å². The number of hydrogen-bond donors (Lipinski definition) is 1. The molecular formula is C26H20N2O4. The van der Waals surface area contributed by atoms with E-state index in [2.05, 4.69) is 10.5 Å². The number of carbonyl (C=O) groups excluding carboxylic acids is 2. The SMILES string of the molecule is O=C(COc1ccccc1)N/N=C\c1c(OC(=O)c2ccccc2)ccc2ccccc12. The Morgan fingerprint density at radius 3 is 2.28 bits per heavy atom. The van der Waals surface area contributed by atoms with Gasteiger partial charge in [-0.2, -0.15) is 5.10 Å². The van der Waals surface area contributed by atoms with Crippen LogP contribution in [0.3, 0.4) is 0 Å². The summed E-state index contributed by atoms with van der Waals surface area (Å²) >= 11 is 0. The predicted octanol–water partition coefficient (Wildman–Crippen LogP) is 4.59. The highest BCUT2D eigenvalue weighted by Crippen LogP contribution is 2.27. The van der Waals surface area contributed by atoms with Crippen molar-refractivity contribution in [1.82, 2.24) is 5.43 Å². The summed E-state index contributed by atoms with van der Waals surface area (Å²) in [6.45, 7) is -0.174. The highest BCUT2D eigenvalue weighted by molar-refractivity contribution is 6.04. The van der Waals surface area contributed by atoms with Crippen LogP contribution in [0.25, 0.3) is 10.8 Å². The third-order valence-corrected chi connectivity index (χ3v) is 4.64. The van der Waals surface area contributed by atoms with Crippen molar-refractivity contribution in [3.63, 3.8) is 0 Å². The number of carbonyl (C=O) groups is 2. The molecule has 0 aliphatic carbocycles. The standard InChI is InChI=1S/C26H20N2O4/c29-25(18-31-21-12-5-2-6-13-21)28-27-17-23-22-14-8-7-9-19(22)15-16-24(23)32-26(30)20-10-3-1-4-11-20/h1-17H,18H2,(H,28,29)/b27-17-. The van der Waals surface area contributed by atoms with Crippen LogP contribution in [0.1, 0.15) is 15.9 Å². The van der Waals surface area contributed by atoms with Crippen LogP contribution in [0.2, 0.25) is 0 Å². The Kier molecular flexibility index (Phi) is 6.53. The summed E-state index contributed by atoms with van der Waals surface area (Å²) in [5.41, 5.74) is 3.46. The van der Waals surface area contributed by atoms with E-state index in [9.17, 15) is 9.59 Å². The molecule has 0 spiro atoms. The fourth-order valence-corrected chi connectivity index (χ4v) is 3.10. The number of hydrogen-bond acceptors (Lipinski definition) is 5. The third kappa shape index (κ3) is 5.17. The van der Waals surface area contributed by atoms with Gasteiger partial charge in [0.05, 0.1) is 11.8 Å². The predicted molar refractivity (Wildman–Crippen MR) is 123 cm³/mol. The average molecular weight is 424 g/mol. The molecule has 0 fully saturated rings. The number of nitrogens with one attached hydrogen (secondary N) is 1. The van der Waals surface area contributed by atoms with Gasteiger partial charge >= 0.3 is 5.97 Å². The van der Waals surface area contributed by atoms with Crippen LogP contribution in [0.4, 0.5) is 0 Å². The van der Waals surface area contributed by atoms with Crippen molar-refractivity contribution in [3.05, 3.63) is 108 Å². The number of esters is 1. The number of fused-ring (bicyclic) bond motifs is 1. The maximum atomic E-state index is 12.6. The van der Waals surface area contributed by atoms with E-state index >= 15 is 0 Å². The Balaban J connectivity index is 1.51. The lowest BCUT2D eigenvalue weighted by Gasteiger charge is -2.10. The van der Waals surface area contributed by atoms with Crippen LogP contribution in [0.5, 0.6) is 11.5 Å². The van der Waals surface area contributed by atoms with Gasteiger partial charge in [-0.1, -0.05) is 66.7 Å². The first-order chi connectivity index (χ1) is 15.7. The molecule has 4 rings (SSSR count). The summed E-state index contributed by atoms with van der Waals surface area (Å²) in [5.74, 6) is 0.0517. The summed E-state index contributed by atoms with van der Waals surface area (Å²) in [5, 5.41) is 5.84. The number of hydrazone groups is 1. The van der Waals surface area contributed by atoms with Crippen molar-refractivity contribution in [2.24, 2.45) is 5.10 Å². The third-order valence-electron chi connectivity index (χ3n) is 4.64. The molecule has 0 radical (unpaired) electrons. The van der Waals surface area contributed by atoms with Gasteiger partial charge < -0.3 is 9.47 Å². The number of rotatable bonds is 7. The fourth-order valence-electron chi connectivity index (χ4n) is 3.10. The summed E-state index contributed by atoms with van der Waals surface area (Å²) in [7, 11) is 0. The number of benzene rings is 4. The van der Waals surface area contributed by atoms with E-state index in [1.165, 1.54) is 6.21 Å². The first-order valence-electron chi connectivity index (χ1n) is 9.99. The lowest BCUT2D eigenvalue weighted by atomic mass is 10.0. The summed E-state index contributed by atoms with van der Waals surface area (Å²) in [4.78, 5) is 24.6. The molecule has 0 unspecified atom stereocenters. The van der Waals surface area contributed by atoms with Crippen LogP contribution in [0.15, 0.2) is 102 Å². The molecule has 158 valence electrons. The molecule has 6 heteroatoms. The molecule has 32 heavy (non-hydrogen) atoms. The van der Waals surface area contributed by atoms with Gasteiger partial charge in [0.1, 0.15) is 11.5 Å². The maximum absolute atomic E-state index is 12.6. The Labute approximate surface area is 185 Å². The minimum atomic E-state index is -0.476. The molecule has 0 bridgehead atoms. The second kappa shape index (κ2) is 10.0. The van der Waals surface area contributed by atoms with Crippen molar-refractivity contribution < 1.29 is 19.1 Å². The largest absolute Gasteiger partial charge is 0.484 e. The molecule has 4 aromatic rings. The summed E-state index contributed by atoms with van der Waals surface area (Å²) in [6, 6.07) is 29.0. The second-order valence-electron chi connectivity index (χ2n) is 6.85. The Bertz CT molecular complexity index is 1250. The van der Waals surface area contributed by atoms with E-state index in [4.69, 9.17) is 9.47 Å². The molecule has 0 aliphatic rings. The number of para-hydroxylation sites is 1. The fraction of sp³-hybridized carbons (Fsp3) is 0.0385. The van der Waals surface area contributed by atoms with Gasteiger partial charge in [-0.15, -0.1) is 0 Å². The normalized spacial score (nSPS) is 10.8. The van der Waals surface area contributed by atoms with E-state index in [1.807, 2.05) is 54.6 Å². The first-order valence-corrected chi connectivity index (χ1v) is 9.99. The first kappa shape index (κ1) is 20.8. The molecule has 0 saturated heterocycles. The minimum absolute atomic E-state index is 0.174. The van der Waals surface area contributed by atoms with Crippen LogP contribution in [-0.4, -0.2) is 24.7 Å². The highest BCUT2D eigenvalue weighted by atomic mass is 16.5. The van der Waals surface area contributed by atoms with Crippen molar-refractivity contribution in [2.45, 2.75) is 0 Å². The lowest BCUT2D eigenvalue weighted by Crippen LogP contribution is -2.24. The molecule has 0 atom stereocenters. The molecule has 0 aliphatic heterocycles. The topological polar surface area (TPSA) is 77.0 Å². The van der Waals surface area contributed by atoms with Gasteiger partial charge in [-0.25, -0.2) is 10.2 Å². The van der Waals surface area contributed by atoms with Crippen LogP contribution < -0.4 is 14.9 Å². The summed E-state index contributed by atoms with van der Waals surface area (Å²) < 4.78 is 11.0. The van der Waals surface area contributed by atoms with E-state index in [-0.39, 0.29) is 6.61 Å². The Hall–Kier alpha value is -4.45. The van der Waals surface area contributed by atoms with Crippen molar-refractivity contribution in [2.75, 3.05) is 6.61 Å². The van der Waals surface area contributed by atoms with Crippen LogP contribution in [0, 0.1) is 0 Å². The second-order valence-corrected chi connectivity index (χ2v) is 6.85. The van der Waals surface area contributed by atoms with Gasteiger partial charge in [0.15, 0.2) is 6.61 Å². The molecular weight excluding hydrogens is 404 g/mol. The maximum Gasteiger partial charge on any atom is 0.343 e. The molecule has 6 nitrogen and oxygen atoms in total. The van der Waals surface area contributed by atoms with E-state index in [1.54, 1.807) is 42.5 Å². The van der Waals surface area contributed by atoms with E-state index in [0.717, 1.165) is 10.8 Å². The number of amides is 1. The molecule has 0 heterocycles. The monoisotopic (exact) mass is 424 g/mol. The number of nitrogens with zero attached hydrogens (tertiary/aromatic N) is 1. The highest BCUT2D eigenvalue weighted by Gasteiger charge is 2.13. The Morgan fingerprint density at radius 1 is 0.812 bits per heavy atom. The Morgan fingerprint density at radius 2 is 1.50 bits per heavy atom. The molecule has 0 aromatic heterocycles. The van der Waals surface area contributed by atoms with Crippen LogP contribution in [-0.2, 0) is 4.79 Å². The molecule has 4 aromatic carbocycles. The van der Waals surface area contributed by atoms with Gasteiger partial charge in [0, 0.05) is 5.56 Å². The van der Waals surface area contributed by atoms with Gasteiger partial charge in [-0.3, -0.25) is 4.79 Å².